The van der Waals surface area contributed by atoms with Crippen LogP contribution in [0.1, 0.15) is 33.1 Å². The Bertz CT molecular complexity index is 336. The number of rotatable bonds is 8. The quantitative estimate of drug-likeness (QED) is 0.675. The lowest BCUT2D eigenvalue weighted by molar-refractivity contribution is -0.148. The van der Waals surface area contributed by atoms with Crippen LogP contribution in [0.5, 0.6) is 0 Å². The maximum Gasteiger partial charge on any atom is 0.310 e. The fraction of sp³-hybridized carbons (Fsp3) is 0.857. The zero-order valence-electron chi connectivity index (χ0n) is 12.6. The van der Waals surface area contributed by atoms with Gasteiger partial charge in [0, 0.05) is 26.2 Å². The van der Waals surface area contributed by atoms with Gasteiger partial charge in [-0.25, -0.2) is 0 Å². The fourth-order valence-electron chi connectivity index (χ4n) is 2.29. The molecule has 0 aromatic heterocycles. The van der Waals surface area contributed by atoms with Gasteiger partial charge in [0.25, 0.3) is 0 Å². The fourth-order valence-corrected chi connectivity index (χ4v) is 2.29. The highest BCUT2D eigenvalue weighted by molar-refractivity contribution is 5.74. The lowest BCUT2D eigenvalue weighted by atomic mass is 9.93. The van der Waals surface area contributed by atoms with Crippen molar-refractivity contribution in [2.24, 2.45) is 5.41 Å². The SMILES string of the molecule is COC(=O)CCN(CC1CCCO1)CC(C)(C)C(=O)O. The van der Waals surface area contributed by atoms with E-state index in [0.29, 0.717) is 19.6 Å². The molecule has 1 unspecified atom stereocenters. The second-order valence-electron chi connectivity index (χ2n) is 5.89. The number of carbonyl (C=O) groups is 2. The Morgan fingerprint density at radius 3 is 2.65 bits per heavy atom. The molecule has 116 valence electrons. The first kappa shape index (κ1) is 16.9. The van der Waals surface area contributed by atoms with Crippen molar-refractivity contribution in [1.82, 2.24) is 4.90 Å². The first-order valence-electron chi connectivity index (χ1n) is 6.99. The van der Waals surface area contributed by atoms with Gasteiger partial charge in [-0.1, -0.05) is 0 Å². The Labute approximate surface area is 120 Å². The summed E-state index contributed by atoms with van der Waals surface area (Å²) < 4.78 is 10.2. The van der Waals surface area contributed by atoms with Crippen LogP contribution >= 0.6 is 0 Å². The van der Waals surface area contributed by atoms with Gasteiger partial charge in [0.2, 0.25) is 0 Å². The Hall–Kier alpha value is -1.14. The van der Waals surface area contributed by atoms with Crippen molar-refractivity contribution in [3.05, 3.63) is 0 Å². The molecule has 1 aliphatic rings. The molecular weight excluding hydrogens is 262 g/mol. The van der Waals surface area contributed by atoms with Crippen molar-refractivity contribution in [3.63, 3.8) is 0 Å². The third-order valence-corrected chi connectivity index (χ3v) is 3.54. The highest BCUT2D eigenvalue weighted by Gasteiger charge is 2.31. The molecule has 1 rings (SSSR count). The van der Waals surface area contributed by atoms with E-state index in [1.54, 1.807) is 13.8 Å². The van der Waals surface area contributed by atoms with E-state index >= 15 is 0 Å². The first-order chi connectivity index (χ1) is 9.35. The maximum atomic E-state index is 11.3. The Balaban J connectivity index is 2.57. The minimum Gasteiger partial charge on any atom is -0.481 e. The Kier molecular flexibility index (Phi) is 6.42. The number of aliphatic carboxylic acids is 1. The first-order valence-corrected chi connectivity index (χ1v) is 6.99. The average molecular weight is 287 g/mol. The topological polar surface area (TPSA) is 76.1 Å². The smallest absolute Gasteiger partial charge is 0.310 e. The number of esters is 1. The molecule has 0 aromatic rings. The maximum absolute atomic E-state index is 11.3. The van der Waals surface area contributed by atoms with Crippen molar-refractivity contribution in [2.75, 3.05) is 33.4 Å². The van der Waals surface area contributed by atoms with Gasteiger partial charge in [0.1, 0.15) is 0 Å². The van der Waals surface area contributed by atoms with Gasteiger partial charge in [-0.3, -0.25) is 14.5 Å². The van der Waals surface area contributed by atoms with Crippen molar-refractivity contribution >= 4 is 11.9 Å². The van der Waals surface area contributed by atoms with Crippen molar-refractivity contribution in [2.45, 2.75) is 39.2 Å². The summed E-state index contributed by atoms with van der Waals surface area (Å²) in [7, 11) is 1.36. The summed E-state index contributed by atoms with van der Waals surface area (Å²) in [5.74, 6) is -1.12. The summed E-state index contributed by atoms with van der Waals surface area (Å²) in [6.45, 7) is 5.68. The molecule has 6 heteroatoms. The van der Waals surface area contributed by atoms with E-state index in [1.165, 1.54) is 7.11 Å². The number of nitrogens with zero attached hydrogens (tertiary/aromatic N) is 1. The second-order valence-corrected chi connectivity index (χ2v) is 5.89. The second kappa shape index (κ2) is 7.59. The summed E-state index contributed by atoms with van der Waals surface area (Å²) in [4.78, 5) is 24.5. The van der Waals surface area contributed by atoms with Crippen LogP contribution in [0.3, 0.4) is 0 Å². The molecule has 1 atom stereocenters. The highest BCUT2D eigenvalue weighted by Crippen LogP contribution is 2.20. The van der Waals surface area contributed by atoms with E-state index in [1.807, 2.05) is 4.90 Å². The van der Waals surface area contributed by atoms with Crippen molar-refractivity contribution in [1.29, 1.82) is 0 Å². The van der Waals surface area contributed by atoms with E-state index in [-0.39, 0.29) is 18.5 Å². The van der Waals surface area contributed by atoms with Gasteiger partial charge in [-0.05, 0) is 26.7 Å². The molecule has 20 heavy (non-hydrogen) atoms. The number of hydrogen-bond donors (Lipinski definition) is 1. The lowest BCUT2D eigenvalue weighted by Gasteiger charge is -2.31. The molecule has 0 aliphatic carbocycles. The number of ether oxygens (including phenoxy) is 2. The average Bonchev–Trinajstić information content (AvgIpc) is 2.87. The van der Waals surface area contributed by atoms with Gasteiger partial charge in [0.05, 0.1) is 25.0 Å². The third kappa shape index (κ3) is 5.46. The Morgan fingerprint density at radius 1 is 1.45 bits per heavy atom. The number of hydrogen-bond acceptors (Lipinski definition) is 5. The standard InChI is InChI=1S/C14H25NO5/c1-14(2,13(17)18)10-15(7-6-12(16)19-3)9-11-5-4-8-20-11/h11H,4-10H2,1-3H3,(H,17,18). The minimum atomic E-state index is -0.852. The van der Waals surface area contributed by atoms with Gasteiger partial charge in [-0.2, -0.15) is 0 Å². The van der Waals surface area contributed by atoms with E-state index in [2.05, 4.69) is 4.74 Å². The number of methoxy groups -OCH3 is 1. The van der Waals surface area contributed by atoms with Crippen LogP contribution in [0.15, 0.2) is 0 Å². The molecule has 1 saturated heterocycles. The highest BCUT2D eigenvalue weighted by atomic mass is 16.5. The van der Waals surface area contributed by atoms with E-state index in [4.69, 9.17) is 4.74 Å². The van der Waals surface area contributed by atoms with Gasteiger partial charge in [0.15, 0.2) is 0 Å². The van der Waals surface area contributed by atoms with Gasteiger partial charge in [-0.15, -0.1) is 0 Å². The van der Waals surface area contributed by atoms with Crippen LogP contribution in [-0.2, 0) is 19.1 Å². The summed E-state index contributed by atoms with van der Waals surface area (Å²) in [5.41, 5.74) is -0.852. The molecule has 6 nitrogen and oxygen atoms in total. The van der Waals surface area contributed by atoms with Crippen LogP contribution in [0.2, 0.25) is 0 Å². The normalized spacial score (nSPS) is 19.3. The molecule has 0 aromatic carbocycles. The van der Waals surface area contributed by atoms with Crippen molar-refractivity contribution in [3.8, 4) is 0 Å². The predicted molar refractivity (Wildman–Crippen MR) is 73.5 cm³/mol. The molecule has 1 aliphatic heterocycles. The zero-order valence-corrected chi connectivity index (χ0v) is 12.6. The Morgan fingerprint density at radius 2 is 2.15 bits per heavy atom. The van der Waals surface area contributed by atoms with Crippen LogP contribution in [-0.4, -0.2) is 61.4 Å². The molecule has 0 saturated carbocycles. The van der Waals surface area contributed by atoms with E-state index in [0.717, 1.165) is 19.4 Å². The number of carboxylic acid groups (broad SMARTS) is 1. The molecule has 0 bridgehead atoms. The molecule has 1 fully saturated rings. The zero-order chi connectivity index (χ0) is 15.2. The van der Waals surface area contributed by atoms with Gasteiger partial charge >= 0.3 is 11.9 Å². The molecular formula is C14H25NO5. The predicted octanol–water partition coefficient (Wildman–Crippen LogP) is 1.14. The minimum absolute atomic E-state index is 0.136. The summed E-state index contributed by atoms with van der Waals surface area (Å²) in [6.07, 6.45) is 2.43. The molecule has 1 heterocycles. The molecule has 0 spiro atoms. The largest absolute Gasteiger partial charge is 0.481 e. The summed E-state index contributed by atoms with van der Waals surface area (Å²) in [6, 6.07) is 0. The molecule has 1 N–H and O–H groups in total. The summed E-state index contributed by atoms with van der Waals surface area (Å²) >= 11 is 0. The molecule has 0 radical (unpaired) electrons. The number of carbonyl (C=O) groups excluding carboxylic acids is 1. The number of carboxylic acids is 1. The third-order valence-electron chi connectivity index (χ3n) is 3.54. The summed E-state index contributed by atoms with van der Waals surface area (Å²) in [5, 5.41) is 9.23. The van der Waals surface area contributed by atoms with Crippen molar-refractivity contribution < 1.29 is 24.2 Å². The van der Waals surface area contributed by atoms with E-state index in [9.17, 15) is 14.7 Å². The van der Waals surface area contributed by atoms with Crippen LogP contribution in [0.25, 0.3) is 0 Å². The lowest BCUT2D eigenvalue weighted by Crippen LogP contribution is -2.43. The van der Waals surface area contributed by atoms with E-state index < -0.39 is 11.4 Å². The molecule has 0 amide bonds. The monoisotopic (exact) mass is 287 g/mol. The van der Waals surface area contributed by atoms with Crippen LogP contribution in [0, 0.1) is 5.41 Å². The van der Waals surface area contributed by atoms with Crippen LogP contribution < -0.4 is 0 Å². The van der Waals surface area contributed by atoms with Crippen LogP contribution in [0.4, 0.5) is 0 Å². The van der Waals surface area contributed by atoms with Gasteiger partial charge < -0.3 is 14.6 Å².